The Kier molecular flexibility index (Phi) is 5.20. The van der Waals surface area contributed by atoms with Crippen LogP contribution in [0.5, 0.6) is 5.75 Å². The van der Waals surface area contributed by atoms with Crippen LogP contribution in [0.3, 0.4) is 0 Å². The summed E-state index contributed by atoms with van der Waals surface area (Å²) >= 11 is 5.14. The number of nitrogens with two attached hydrogens (primary N) is 1. The third-order valence-electron chi connectivity index (χ3n) is 3.83. The molecule has 1 heterocycles. The van der Waals surface area contributed by atoms with Gasteiger partial charge in [0.05, 0.1) is 12.8 Å². The van der Waals surface area contributed by atoms with Gasteiger partial charge in [-0.1, -0.05) is 12.2 Å². The van der Waals surface area contributed by atoms with Gasteiger partial charge in [0, 0.05) is 31.8 Å². The van der Waals surface area contributed by atoms with Crippen molar-refractivity contribution in [3.8, 4) is 5.75 Å². The highest BCUT2D eigenvalue weighted by atomic mass is 32.1. The van der Waals surface area contributed by atoms with Crippen LogP contribution < -0.4 is 15.4 Å². The molecule has 20 heavy (non-hydrogen) atoms. The molecule has 1 aromatic carbocycles. The van der Waals surface area contributed by atoms with Crippen LogP contribution in [0.1, 0.15) is 18.4 Å². The number of anilines is 1. The molecular formula is C15H23N3OS. The molecule has 110 valence electrons. The van der Waals surface area contributed by atoms with Gasteiger partial charge in [0.1, 0.15) is 10.7 Å². The van der Waals surface area contributed by atoms with Crippen molar-refractivity contribution in [2.24, 2.45) is 5.73 Å². The molecular weight excluding hydrogens is 270 g/mol. The summed E-state index contributed by atoms with van der Waals surface area (Å²) < 4.78 is 5.30. The lowest BCUT2D eigenvalue weighted by molar-refractivity contribution is 0.346. The number of likely N-dealkylation sites (tertiary alicyclic amines) is 1. The largest absolute Gasteiger partial charge is 0.497 e. The SMILES string of the molecule is COc1ccc(C(N)=S)c(N(C)CCN2CCCC2)c1. The van der Waals surface area contributed by atoms with E-state index in [-0.39, 0.29) is 0 Å². The first-order valence-electron chi connectivity index (χ1n) is 7.03. The molecule has 2 N–H and O–H groups in total. The Morgan fingerprint density at radius 3 is 2.70 bits per heavy atom. The van der Waals surface area contributed by atoms with Crippen LogP contribution in [0.15, 0.2) is 18.2 Å². The van der Waals surface area contributed by atoms with E-state index in [9.17, 15) is 0 Å². The third kappa shape index (κ3) is 3.61. The van der Waals surface area contributed by atoms with Crippen LogP contribution in [0, 0.1) is 0 Å². The van der Waals surface area contributed by atoms with E-state index in [1.54, 1.807) is 7.11 Å². The molecule has 0 unspecified atom stereocenters. The Hall–Kier alpha value is -1.33. The summed E-state index contributed by atoms with van der Waals surface area (Å²) in [7, 11) is 3.75. The van der Waals surface area contributed by atoms with Gasteiger partial charge in [0.2, 0.25) is 0 Å². The molecule has 4 nitrogen and oxygen atoms in total. The number of hydrogen-bond acceptors (Lipinski definition) is 4. The Labute approximate surface area is 126 Å². The van der Waals surface area contributed by atoms with Crippen molar-refractivity contribution in [2.45, 2.75) is 12.8 Å². The van der Waals surface area contributed by atoms with Crippen molar-refractivity contribution in [3.05, 3.63) is 23.8 Å². The summed E-state index contributed by atoms with van der Waals surface area (Å²) in [5.74, 6) is 0.827. The van der Waals surface area contributed by atoms with Crippen molar-refractivity contribution >= 4 is 22.9 Å². The molecule has 2 rings (SSSR count). The van der Waals surface area contributed by atoms with Crippen molar-refractivity contribution in [1.29, 1.82) is 0 Å². The quantitative estimate of drug-likeness (QED) is 0.811. The van der Waals surface area contributed by atoms with Crippen LogP contribution >= 0.6 is 12.2 Å². The molecule has 1 fully saturated rings. The molecule has 1 aliphatic rings. The Balaban J connectivity index is 2.09. The first kappa shape index (κ1) is 15.1. The van der Waals surface area contributed by atoms with Gasteiger partial charge in [0.15, 0.2) is 0 Å². The zero-order valence-corrected chi connectivity index (χ0v) is 13.1. The molecule has 1 saturated heterocycles. The lowest BCUT2D eigenvalue weighted by Crippen LogP contribution is -2.32. The first-order valence-corrected chi connectivity index (χ1v) is 7.44. The maximum atomic E-state index is 5.82. The van der Waals surface area contributed by atoms with Crippen molar-refractivity contribution < 1.29 is 4.74 Å². The number of rotatable bonds is 6. The van der Waals surface area contributed by atoms with Crippen LogP contribution in [0.2, 0.25) is 0 Å². The molecule has 5 heteroatoms. The summed E-state index contributed by atoms with van der Waals surface area (Å²) in [6.07, 6.45) is 2.64. The number of benzene rings is 1. The van der Waals surface area contributed by atoms with E-state index in [2.05, 4.69) is 16.8 Å². The van der Waals surface area contributed by atoms with Gasteiger partial charge in [0.25, 0.3) is 0 Å². The Morgan fingerprint density at radius 1 is 1.40 bits per heavy atom. The number of hydrogen-bond donors (Lipinski definition) is 1. The number of likely N-dealkylation sites (N-methyl/N-ethyl adjacent to an activating group) is 1. The third-order valence-corrected chi connectivity index (χ3v) is 4.05. The van der Waals surface area contributed by atoms with E-state index < -0.39 is 0 Å². The minimum absolute atomic E-state index is 0.427. The van der Waals surface area contributed by atoms with Crippen LogP contribution in [-0.2, 0) is 0 Å². The molecule has 0 spiro atoms. The van der Waals surface area contributed by atoms with Gasteiger partial charge in [-0.2, -0.15) is 0 Å². The predicted octanol–water partition coefficient (Wildman–Crippen LogP) is 1.86. The zero-order valence-electron chi connectivity index (χ0n) is 12.3. The maximum absolute atomic E-state index is 5.82. The molecule has 1 aromatic rings. The molecule has 0 radical (unpaired) electrons. The maximum Gasteiger partial charge on any atom is 0.120 e. The summed E-state index contributed by atoms with van der Waals surface area (Å²) in [6.45, 7) is 4.47. The first-order chi connectivity index (χ1) is 9.61. The smallest absolute Gasteiger partial charge is 0.120 e. The summed E-state index contributed by atoms with van der Waals surface area (Å²) in [4.78, 5) is 5.13. The fraction of sp³-hybridized carbons (Fsp3) is 0.533. The molecule has 0 aromatic heterocycles. The summed E-state index contributed by atoms with van der Waals surface area (Å²) in [6, 6.07) is 5.83. The van der Waals surface area contributed by atoms with Crippen LogP contribution in [0.4, 0.5) is 5.69 Å². The van der Waals surface area contributed by atoms with E-state index in [0.29, 0.717) is 4.99 Å². The van der Waals surface area contributed by atoms with Gasteiger partial charge in [-0.05, 0) is 38.1 Å². The van der Waals surface area contributed by atoms with Crippen molar-refractivity contribution in [3.63, 3.8) is 0 Å². The van der Waals surface area contributed by atoms with Crippen molar-refractivity contribution in [1.82, 2.24) is 4.90 Å². The second-order valence-corrected chi connectivity index (χ2v) is 5.66. The number of ether oxygens (including phenoxy) is 1. The highest BCUT2D eigenvalue weighted by Gasteiger charge is 2.15. The van der Waals surface area contributed by atoms with E-state index >= 15 is 0 Å². The summed E-state index contributed by atoms with van der Waals surface area (Å²) in [5, 5.41) is 0. The van der Waals surface area contributed by atoms with Gasteiger partial charge >= 0.3 is 0 Å². The topological polar surface area (TPSA) is 41.7 Å². The standard InChI is InChI=1S/C15H23N3OS/c1-17(9-10-18-7-3-4-8-18)14-11-12(19-2)5-6-13(14)15(16)20/h5-6,11H,3-4,7-10H2,1-2H3,(H2,16,20). The fourth-order valence-corrected chi connectivity index (χ4v) is 2.75. The number of thiocarbonyl (C=S) groups is 1. The van der Waals surface area contributed by atoms with E-state index in [1.807, 2.05) is 18.2 Å². The Bertz CT molecular complexity index is 472. The average Bonchev–Trinajstić information content (AvgIpc) is 2.97. The molecule has 0 aliphatic carbocycles. The molecule has 1 aliphatic heterocycles. The van der Waals surface area contributed by atoms with Crippen molar-refractivity contribution in [2.75, 3.05) is 45.2 Å². The van der Waals surface area contributed by atoms with E-state index in [1.165, 1.54) is 25.9 Å². The number of methoxy groups -OCH3 is 1. The lowest BCUT2D eigenvalue weighted by atomic mass is 10.1. The second-order valence-electron chi connectivity index (χ2n) is 5.22. The molecule has 0 bridgehead atoms. The van der Waals surface area contributed by atoms with Crippen LogP contribution in [0.25, 0.3) is 0 Å². The highest BCUT2D eigenvalue weighted by molar-refractivity contribution is 7.80. The zero-order chi connectivity index (χ0) is 14.5. The summed E-state index contributed by atoms with van der Waals surface area (Å²) in [5.41, 5.74) is 7.76. The molecule has 0 amide bonds. The van der Waals surface area contributed by atoms with Gasteiger partial charge in [-0.3, -0.25) is 0 Å². The highest BCUT2D eigenvalue weighted by Crippen LogP contribution is 2.25. The monoisotopic (exact) mass is 293 g/mol. The van der Waals surface area contributed by atoms with Gasteiger partial charge in [-0.25, -0.2) is 0 Å². The second kappa shape index (κ2) is 6.90. The van der Waals surface area contributed by atoms with E-state index in [0.717, 1.165) is 30.1 Å². The van der Waals surface area contributed by atoms with Gasteiger partial charge < -0.3 is 20.3 Å². The molecule has 0 saturated carbocycles. The lowest BCUT2D eigenvalue weighted by Gasteiger charge is -2.25. The minimum atomic E-state index is 0.427. The Morgan fingerprint density at radius 2 is 2.10 bits per heavy atom. The fourth-order valence-electron chi connectivity index (χ4n) is 2.58. The minimum Gasteiger partial charge on any atom is -0.497 e. The van der Waals surface area contributed by atoms with Crippen LogP contribution in [-0.4, -0.2) is 50.2 Å². The number of nitrogens with zero attached hydrogens (tertiary/aromatic N) is 2. The predicted molar refractivity (Wildman–Crippen MR) is 87.8 cm³/mol. The van der Waals surface area contributed by atoms with Gasteiger partial charge in [-0.15, -0.1) is 0 Å². The normalized spacial score (nSPS) is 15.3. The molecule has 0 atom stereocenters. The van der Waals surface area contributed by atoms with E-state index in [4.69, 9.17) is 22.7 Å². The average molecular weight is 293 g/mol.